The van der Waals surface area contributed by atoms with Crippen LogP contribution in [0.15, 0.2) is 0 Å². The van der Waals surface area contributed by atoms with Crippen molar-refractivity contribution in [1.82, 2.24) is 4.90 Å². The normalized spacial score (nSPS) is 35.6. The highest BCUT2D eigenvalue weighted by molar-refractivity contribution is 7.91. The van der Waals surface area contributed by atoms with E-state index >= 15 is 0 Å². The fourth-order valence-corrected chi connectivity index (χ4v) is 4.73. The van der Waals surface area contributed by atoms with Crippen LogP contribution in [0.25, 0.3) is 0 Å². The lowest BCUT2D eigenvalue weighted by molar-refractivity contribution is 0.0775. The molecule has 1 aliphatic carbocycles. The van der Waals surface area contributed by atoms with Crippen molar-refractivity contribution in [2.75, 3.05) is 19.3 Å². The van der Waals surface area contributed by atoms with E-state index in [1.807, 2.05) is 0 Å². The molecule has 3 unspecified atom stereocenters. The fraction of sp³-hybridized carbons (Fsp3) is 1.00. The second-order valence-electron chi connectivity index (χ2n) is 5.90. The molecule has 2 rings (SSSR count). The van der Waals surface area contributed by atoms with Crippen molar-refractivity contribution < 1.29 is 8.42 Å². The molecule has 3 atom stereocenters. The Labute approximate surface area is 111 Å². The molecule has 1 aliphatic heterocycles. The zero-order valence-corrected chi connectivity index (χ0v) is 12.2. The van der Waals surface area contributed by atoms with Crippen LogP contribution in [0.3, 0.4) is 0 Å². The van der Waals surface area contributed by atoms with E-state index in [0.29, 0.717) is 18.6 Å². The first kappa shape index (κ1) is 14.3. The molecule has 2 aliphatic rings. The van der Waals surface area contributed by atoms with E-state index in [1.165, 1.54) is 25.5 Å². The van der Waals surface area contributed by atoms with Crippen LogP contribution in [0.2, 0.25) is 0 Å². The predicted octanol–water partition coefficient (Wildman–Crippen LogP) is 1.16. The van der Waals surface area contributed by atoms with E-state index in [0.717, 1.165) is 32.2 Å². The maximum Gasteiger partial charge on any atom is 0.150 e. The number of hydrogen-bond donors (Lipinski definition) is 1. The highest BCUT2D eigenvalue weighted by Crippen LogP contribution is 2.31. The molecular formula is C13H26N2O2S. The quantitative estimate of drug-likeness (QED) is 0.838. The number of nitrogens with zero attached hydrogens (tertiary/aromatic N) is 1. The van der Waals surface area contributed by atoms with Crippen LogP contribution >= 0.6 is 0 Å². The average Bonchev–Trinajstić information content (AvgIpc) is 2.38. The molecule has 4 nitrogen and oxygen atoms in total. The number of likely N-dealkylation sites (tertiary alicyclic amines) is 1. The second kappa shape index (κ2) is 5.88. The molecule has 0 aromatic heterocycles. The van der Waals surface area contributed by atoms with Gasteiger partial charge in [-0.3, -0.25) is 4.90 Å². The summed E-state index contributed by atoms with van der Waals surface area (Å²) >= 11 is 0. The summed E-state index contributed by atoms with van der Waals surface area (Å²) in [7, 11) is -2.88. The van der Waals surface area contributed by atoms with E-state index in [4.69, 9.17) is 5.73 Å². The largest absolute Gasteiger partial charge is 0.329 e. The topological polar surface area (TPSA) is 63.4 Å². The molecule has 2 fully saturated rings. The van der Waals surface area contributed by atoms with Gasteiger partial charge in [0.15, 0.2) is 0 Å². The third-order valence-corrected chi connectivity index (χ3v) is 6.26. The van der Waals surface area contributed by atoms with E-state index in [2.05, 4.69) is 4.90 Å². The molecule has 0 amide bonds. The molecule has 0 aromatic carbocycles. The van der Waals surface area contributed by atoms with Crippen LogP contribution in [-0.2, 0) is 9.84 Å². The van der Waals surface area contributed by atoms with Crippen molar-refractivity contribution in [1.29, 1.82) is 0 Å². The van der Waals surface area contributed by atoms with Gasteiger partial charge in [-0.05, 0) is 38.6 Å². The van der Waals surface area contributed by atoms with Gasteiger partial charge in [0, 0.05) is 24.9 Å². The van der Waals surface area contributed by atoms with Crippen molar-refractivity contribution in [2.24, 2.45) is 5.73 Å². The molecular weight excluding hydrogens is 248 g/mol. The Hall–Kier alpha value is -0.130. The molecule has 106 valence electrons. The van der Waals surface area contributed by atoms with Gasteiger partial charge in [0.05, 0.1) is 5.25 Å². The summed E-state index contributed by atoms with van der Waals surface area (Å²) in [5.74, 6) is 0. The summed E-state index contributed by atoms with van der Waals surface area (Å²) < 4.78 is 23.4. The third kappa shape index (κ3) is 3.25. The third-order valence-electron chi connectivity index (χ3n) is 4.62. The molecule has 0 aromatic rings. The van der Waals surface area contributed by atoms with Crippen LogP contribution < -0.4 is 5.73 Å². The fourth-order valence-electron chi connectivity index (χ4n) is 3.57. The molecule has 18 heavy (non-hydrogen) atoms. The van der Waals surface area contributed by atoms with Crippen molar-refractivity contribution in [2.45, 2.75) is 62.3 Å². The molecule has 1 heterocycles. The molecule has 1 saturated heterocycles. The monoisotopic (exact) mass is 274 g/mol. The summed E-state index contributed by atoms with van der Waals surface area (Å²) in [5.41, 5.74) is 5.86. The van der Waals surface area contributed by atoms with Gasteiger partial charge in [-0.1, -0.05) is 12.8 Å². The Kier molecular flexibility index (Phi) is 4.67. The van der Waals surface area contributed by atoms with Crippen molar-refractivity contribution >= 4 is 9.84 Å². The van der Waals surface area contributed by atoms with E-state index < -0.39 is 9.84 Å². The van der Waals surface area contributed by atoms with Crippen LogP contribution in [0, 0.1) is 0 Å². The first-order valence-electron chi connectivity index (χ1n) is 7.17. The molecule has 0 bridgehead atoms. The minimum atomic E-state index is -2.88. The minimum Gasteiger partial charge on any atom is -0.329 e. The maximum atomic E-state index is 11.7. The summed E-state index contributed by atoms with van der Waals surface area (Å²) in [6, 6.07) is 0.911. The SMILES string of the molecule is CS(=O)(=O)C1CCCC(N2CCCCC2CN)C1. The van der Waals surface area contributed by atoms with Crippen LogP contribution in [0.4, 0.5) is 0 Å². The van der Waals surface area contributed by atoms with Gasteiger partial charge in [-0.25, -0.2) is 8.42 Å². The Morgan fingerprint density at radius 3 is 2.61 bits per heavy atom. The van der Waals surface area contributed by atoms with Crippen molar-refractivity contribution in [3.05, 3.63) is 0 Å². The van der Waals surface area contributed by atoms with E-state index in [-0.39, 0.29) is 5.25 Å². The first-order chi connectivity index (χ1) is 8.52. The number of sulfone groups is 1. The van der Waals surface area contributed by atoms with Gasteiger partial charge in [0.1, 0.15) is 9.84 Å². The molecule has 0 spiro atoms. The number of piperidine rings is 1. The summed E-state index contributed by atoms with van der Waals surface area (Å²) in [5, 5.41) is -0.128. The van der Waals surface area contributed by atoms with Crippen LogP contribution in [-0.4, -0.2) is 50.0 Å². The Bertz CT molecular complexity index is 369. The Balaban J connectivity index is 2.03. The van der Waals surface area contributed by atoms with E-state index in [9.17, 15) is 8.42 Å². The lowest BCUT2D eigenvalue weighted by atomic mass is 9.90. The van der Waals surface area contributed by atoms with Gasteiger partial charge in [0.25, 0.3) is 0 Å². The molecule has 2 N–H and O–H groups in total. The summed E-state index contributed by atoms with van der Waals surface area (Å²) in [6.07, 6.45) is 8.90. The standard InChI is InChI=1S/C13H26N2O2S/c1-18(16,17)13-7-4-6-11(9-13)15-8-3-2-5-12(15)10-14/h11-13H,2-10,14H2,1H3. The predicted molar refractivity (Wildman–Crippen MR) is 74.3 cm³/mol. The minimum absolute atomic E-state index is 0.128. The maximum absolute atomic E-state index is 11.7. The van der Waals surface area contributed by atoms with Gasteiger partial charge in [-0.2, -0.15) is 0 Å². The van der Waals surface area contributed by atoms with Crippen LogP contribution in [0.5, 0.6) is 0 Å². The Morgan fingerprint density at radius 2 is 1.94 bits per heavy atom. The van der Waals surface area contributed by atoms with Crippen molar-refractivity contribution in [3.63, 3.8) is 0 Å². The average molecular weight is 274 g/mol. The van der Waals surface area contributed by atoms with Crippen LogP contribution in [0.1, 0.15) is 44.9 Å². The van der Waals surface area contributed by atoms with Gasteiger partial charge in [0.2, 0.25) is 0 Å². The Morgan fingerprint density at radius 1 is 1.17 bits per heavy atom. The smallest absolute Gasteiger partial charge is 0.150 e. The molecule has 5 heteroatoms. The summed E-state index contributed by atoms with van der Waals surface area (Å²) in [4.78, 5) is 2.50. The molecule has 0 radical (unpaired) electrons. The van der Waals surface area contributed by atoms with Gasteiger partial charge >= 0.3 is 0 Å². The lowest BCUT2D eigenvalue weighted by Gasteiger charge is -2.43. The van der Waals surface area contributed by atoms with Gasteiger partial charge < -0.3 is 5.73 Å². The second-order valence-corrected chi connectivity index (χ2v) is 8.22. The van der Waals surface area contributed by atoms with Crippen molar-refractivity contribution in [3.8, 4) is 0 Å². The first-order valence-corrected chi connectivity index (χ1v) is 9.12. The van der Waals surface area contributed by atoms with E-state index in [1.54, 1.807) is 0 Å². The van der Waals surface area contributed by atoms with Gasteiger partial charge in [-0.15, -0.1) is 0 Å². The highest BCUT2D eigenvalue weighted by Gasteiger charge is 2.35. The number of nitrogens with two attached hydrogens (primary N) is 1. The number of hydrogen-bond acceptors (Lipinski definition) is 4. The zero-order chi connectivity index (χ0) is 13.2. The highest BCUT2D eigenvalue weighted by atomic mass is 32.2. The lowest BCUT2D eigenvalue weighted by Crippen LogP contribution is -2.52. The summed E-state index contributed by atoms with van der Waals surface area (Å²) in [6.45, 7) is 1.81. The molecule has 1 saturated carbocycles. The zero-order valence-electron chi connectivity index (χ0n) is 11.3. The number of rotatable bonds is 3.